The van der Waals surface area contributed by atoms with Gasteiger partial charge in [0.1, 0.15) is 24.5 Å². The summed E-state index contributed by atoms with van der Waals surface area (Å²) >= 11 is 0. The van der Waals surface area contributed by atoms with Gasteiger partial charge in [-0.1, -0.05) is 0 Å². The molecular weight excluding hydrogens is 313 g/mol. The number of amides is 1. The number of halogens is 1. The van der Waals surface area contributed by atoms with E-state index >= 15 is 0 Å². The second-order valence-corrected chi connectivity index (χ2v) is 7.33. The molecule has 5 nitrogen and oxygen atoms in total. The maximum atomic E-state index is 14.2. The topological polar surface area (TPSA) is 66.8 Å². The highest BCUT2D eigenvalue weighted by atomic mass is 19.1. The van der Waals surface area contributed by atoms with Gasteiger partial charge in [0.25, 0.3) is 0 Å². The van der Waals surface area contributed by atoms with Crippen molar-refractivity contribution in [3.63, 3.8) is 0 Å². The highest BCUT2D eigenvalue weighted by molar-refractivity contribution is 5.66. The summed E-state index contributed by atoms with van der Waals surface area (Å²) in [5, 5.41) is 9.38. The van der Waals surface area contributed by atoms with Gasteiger partial charge in [-0.05, 0) is 57.7 Å². The Morgan fingerprint density at radius 2 is 2.12 bits per heavy atom. The first-order chi connectivity index (χ1) is 11.1. The summed E-state index contributed by atoms with van der Waals surface area (Å²) in [5.74, 6) is -0.179. The largest absolute Gasteiger partial charge is 0.491 e. The molecular formula is C18H24FNO4. The summed E-state index contributed by atoms with van der Waals surface area (Å²) in [7, 11) is 0. The maximum Gasteiger partial charge on any atom is 0.408 e. The van der Waals surface area contributed by atoms with Crippen LogP contribution >= 0.6 is 0 Å². The Kier molecular flexibility index (Phi) is 5.16. The number of ether oxygens (including phenoxy) is 1. The molecule has 1 aliphatic carbocycles. The van der Waals surface area contributed by atoms with Crippen molar-refractivity contribution in [3.8, 4) is 5.75 Å². The van der Waals surface area contributed by atoms with Crippen LogP contribution in [-0.4, -0.2) is 40.6 Å². The molecule has 2 unspecified atom stereocenters. The highest BCUT2D eigenvalue weighted by Gasteiger charge is 2.31. The summed E-state index contributed by atoms with van der Waals surface area (Å²) in [4.78, 5) is 23.7. The van der Waals surface area contributed by atoms with Crippen molar-refractivity contribution in [3.05, 3.63) is 29.1 Å². The molecule has 0 aliphatic heterocycles. The molecule has 1 amide bonds. The number of carbonyl (C=O) groups excluding carboxylic acids is 1. The summed E-state index contributed by atoms with van der Waals surface area (Å²) in [6.07, 6.45) is 0.785. The molecule has 0 bridgehead atoms. The van der Waals surface area contributed by atoms with Crippen LogP contribution in [0.4, 0.5) is 9.18 Å². The fourth-order valence-corrected chi connectivity index (χ4v) is 3.30. The molecule has 0 spiro atoms. The zero-order valence-corrected chi connectivity index (χ0v) is 14.5. The molecule has 0 saturated carbocycles. The van der Waals surface area contributed by atoms with Crippen molar-refractivity contribution < 1.29 is 23.8 Å². The molecule has 0 aromatic heterocycles. The van der Waals surface area contributed by atoms with E-state index in [0.717, 1.165) is 11.8 Å². The number of benzene rings is 1. The number of hydrogen-bond donors (Lipinski definition) is 1. The van der Waals surface area contributed by atoms with Crippen LogP contribution in [0.15, 0.2) is 12.1 Å². The Morgan fingerprint density at radius 3 is 2.67 bits per heavy atom. The summed E-state index contributed by atoms with van der Waals surface area (Å²) in [6.45, 7) is 7.31. The second kappa shape index (κ2) is 6.79. The van der Waals surface area contributed by atoms with Gasteiger partial charge >= 0.3 is 6.09 Å². The first kappa shape index (κ1) is 18.2. The molecule has 6 heteroatoms. The predicted molar refractivity (Wildman–Crippen MR) is 87.9 cm³/mol. The average molecular weight is 337 g/mol. The van der Waals surface area contributed by atoms with Gasteiger partial charge in [0, 0.05) is 17.5 Å². The normalized spacial score (nSPS) is 18.0. The number of carboxylic acid groups (broad SMARTS) is 1. The molecule has 132 valence electrons. The van der Waals surface area contributed by atoms with E-state index in [1.165, 1.54) is 11.0 Å². The fraction of sp³-hybridized carbons (Fsp3) is 0.556. The van der Waals surface area contributed by atoms with Crippen LogP contribution in [0.1, 0.15) is 38.8 Å². The van der Waals surface area contributed by atoms with E-state index in [2.05, 4.69) is 0 Å². The third-order valence-electron chi connectivity index (χ3n) is 4.26. The van der Waals surface area contributed by atoms with Crippen LogP contribution in [0.5, 0.6) is 5.75 Å². The smallest absolute Gasteiger partial charge is 0.408 e. The number of rotatable bonds is 5. The lowest BCUT2D eigenvalue weighted by molar-refractivity contribution is -0.110. The van der Waals surface area contributed by atoms with Gasteiger partial charge in [-0.2, -0.15) is 0 Å². The van der Waals surface area contributed by atoms with Crippen LogP contribution in [0, 0.1) is 11.7 Å². The molecule has 1 aromatic rings. The fourth-order valence-electron chi connectivity index (χ4n) is 3.30. The highest BCUT2D eigenvalue weighted by Crippen LogP contribution is 2.31. The minimum atomic E-state index is -1.02. The Bertz CT molecular complexity index is 639. The van der Waals surface area contributed by atoms with E-state index in [9.17, 15) is 19.1 Å². The molecule has 0 saturated heterocycles. The van der Waals surface area contributed by atoms with Crippen molar-refractivity contribution in [2.45, 2.75) is 52.1 Å². The van der Waals surface area contributed by atoms with Crippen molar-refractivity contribution >= 4 is 12.4 Å². The SMILES string of the molecule is CC(COc1cc(F)c2c(c1)CC(C=O)C2)N(C(=O)O)C(C)(C)C. The summed E-state index contributed by atoms with van der Waals surface area (Å²) in [6, 6.07) is 2.67. The van der Waals surface area contributed by atoms with E-state index in [1.54, 1.807) is 13.0 Å². The van der Waals surface area contributed by atoms with Gasteiger partial charge < -0.3 is 14.6 Å². The average Bonchev–Trinajstić information content (AvgIpc) is 2.87. The van der Waals surface area contributed by atoms with E-state index in [4.69, 9.17) is 4.74 Å². The van der Waals surface area contributed by atoms with Gasteiger partial charge in [-0.15, -0.1) is 0 Å². The molecule has 0 radical (unpaired) electrons. The monoisotopic (exact) mass is 337 g/mol. The third-order valence-corrected chi connectivity index (χ3v) is 4.26. The zero-order chi connectivity index (χ0) is 18.1. The zero-order valence-electron chi connectivity index (χ0n) is 14.5. The quantitative estimate of drug-likeness (QED) is 0.837. The van der Waals surface area contributed by atoms with Crippen molar-refractivity contribution in [2.24, 2.45) is 5.92 Å². The van der Waals surface area contributed by atoms with Crippen LogP contribution < -0.4 is 4.74 Å². The number of aldehydes is 1. The standard InChI is InChI=1S/C18H24FNO4/c1-11(20(17(22)23)18(2,3)4)10-24-14-7-13-5-12(9-21)6-15(13)16(19)8-14/h7-9,11-12H,5-6,10H2,1-4H3,(H,22,23). The third kappa shape index (κ3) is 3.86. The van der Waals surface area contributed by atoms with Gasteiger partial charge in [-0.25, -0.2) is 9.18 Å². The van der Waals surface area contributed by atoms with Crippen LogP contribution in [-0.2, 0) is 17.6 Å². The van der Waals surface area contributed by atoms with Gasteiger partial charge in [0.15, 0.2) is 0 Å². The van der Waals surface area contributed by atoms with Crippen molar-refractivity contribution in [1.29, 1.82) is 0 Å². The van der Waals surface area contributed by atoms with E-state index in [-0.39, 0.29) is 24.4 Å². The lowest BCUT2D eigenvalue weighted by Gasteiger charge is -2.37. The molecule has 2 atom stereocenters. The summed E-state index contributed by atoms with van der Waals surface area (Å²) < 4.78 is 19.8. The van der Waals surface area contributed by atoms with E-state index in [1.807, 2.05) is 20.8 Å². The Balaban J connectivity index is 2.09. The minimum absolute atomic E-state index is 0.124. The molecule has 1 N–H and O–H groups in total. The van der Waals surface area contributed by atoms with Gasteiger partial charge in [0.2, 0.25) is 0 Å². The lowest BCUT2D eigenvalue weighted by atomic mass is 10.0. The minimum Gasteiger partial charge on any atom is -0.491 e. The Morgan fingerprint density at radius 1 is 1.46 bits per heavy atom. The van der Waals surface area contributed by atoms with Crippen LogP contribution in [0.2, 0.25) is 0 Å². The molecule has 0 heterocycles. The first-order valence-electron chi connectivity index (χ1n) is 8.05. The predicted octanol–water partition coefficient (Wildman–Crippen LogP) is 3.29. The molecule has 24 heavy (non-hydrogen) atoms. The first-order valence-corrected chi connectivity index (χ1v) is 8.05. The van der Waals surface area contributed by atoms with Gasteiger partial charge in [-0.3, -0.25) is 4.90 Å². The summed E-state index contributed by atoms with van der Waals surface area (Å²) in [5.41, 5.74) is 0.810. The molecule has 0 fully saturated rings. The van der Waals surface area contributed by atoms with Crippen molar-refractivity contribution in [1.82, 2.24) is 4.90 Å². The Labute approximate surface area is 141 Å². The molecule has 1 aromatic carbocycles. The second-order valence-electron chi connectivity index (χ2n) is 7.33. The Hall–Kier alpha value is -2.11. The van der Waals surface area contributed by atoms with Gasteiger partial charge in [0.05, 0.1) is 6.04 Å². The van der Waals surface area contributed by atoms with Crippen LogP contribution in [0.25, 0.3) is 0 Å². The van der Waals surface area contributed by atoms with E-state index < -0.39 is 11.6 Å². The number of carbonyl (C=O) groups is 2. The number of nitrogens with zero attached hydrogens (tertiary/aromatic N) is 1. The van der Waals surface area contributed by atoms with Crippen molar-refractivity contribution in [2.75, 3.05) is 6.61 Å². The van der Waals surface area contributed by atoms with E-state index in [0.29, 0.717) is 24.2 Å². The lowest BCUT2D eigenvalue weighted by Crippen LogP contribution is -2.52. The van der Waals surface area contributed by atoms with Crippen LogP contribution in [0.3, 0.4) is 0 Å². The maximum absolute atomic E-state index is 14.2. The molecule has 1 aliphatic rings. The molecule has 2 rings (SSSR count). The number of fused-ring (bicyclic) bond motifs is 1. The number of hydrogen-bond acceptors (Lipinski definition) is 3.